The zero-order valence-electron chi connectivity index (χ0n) is 70.8. The second kappa shape index (κ2) is 64.1. The van der Waals surface area contributed by atoms with Crippen LogP contribution in [-0.2, 0) is 174 Å². The SMILES string of the molecule is C.CN(CCO)c1ccc(C([S-])=C([S-])c2ccc(N(C)CCO)cc2)cc1.COC(=O)C(CSCCC(=O)O)CC(C)C(=O)OCC(F)(F)C(F)F.COC(=O)C(CSCCC(=O)OCCN(C)c1ccc(C([S-])=C([S-])c2ccc(N(C)CCOC(=O)CCSCC(CC(C)C(=O)OCC(F)(F)C(F)F)C(=O)OC)cc2)cc1)CC(C)C(=O)OCC(F)(F)C(F)F.[Pt+2].[Pt+2]. The number of methoxy groups -OCH3 is 3. The van der Waals surface area contributed by atoms with Gasteiger partial charge in [0.05, 0.1) is 102 Å². The molecule has 0 aliphatic rings. The number of hydrogen-bond donors (Lipinski definition) is 3. The summed E-state index contributed by atoms with van der Waals surface area (Å²) in [5.74, 6) is -25.4. The van der Waals surface area contributed by atoms with Crippen molar-refractivity contribution in [3.63, 3.8) is 0 Å². The number of benzene rings is 4. The monoisotopic (exact) mass is 2320 g/mol. The van der Waals surface area contributed by atoms with Gasteiger partial charge in [-0.15, -0.1) is 0 Å². The number of carboxylic acids is 1. The van der Waals surface area contributed by atoms with E-state index in [9.17, 15) is 95.8 Å². The summed E-state index contributed by atoms with van der Waals surface area (Å²) >= 11 is 26.1. The van der Waals surface area contributed by atoms with E-state index < -0.39 is 146 Å². The second-order valence-corrected chi connectivity index (χ2v) is 33.1. The Balaban J connectivity index is 0. The summed E-state index contributed by atoms with van der Waals surface area (Å²) in [5.41, 5.74) is 6.91. The van der Waals surface area contributed by atoms with Gasteiger partial charge in [0.2, 0.25) is 0 Å². The van der Waals surface area contributed by atoms with Crippen molar-refractivity contribution in [1.29, 1.82) is 0 Å². The van der Waals surface area contributed by atoms with Crippen LogP contribution in [0, 0.1) is 35.5 Å². The van der Waals surface area contributed by atoms with Gasteiger partial charge in [-0.2, -0.15) is 81.2 Å². The Labute approximate surface area is 801 Å². The van der Waals surface area contributed by atoms with Crippen molar-refractivity contribution in [3.05, 3.63) is 119 Å². The first-order valence-corrected chi connectivity index (χ1v) is 43.4. The van der Waals surface area contributed by atoms with Crippen molar-refractivity contribution in [2.24, 2.45) is 35.5 Å². The zero-order chi connectivity index (χ0) is 94.5. The largest absolute Gasteiger partial charge is 2.00 e. The number of carboxylic acid groups (broad SMARTS) is 1. The zero-order valence-corrected chi connectivity index (χ0v) is 81.1. The van der Waals surface area contributed by atoms with Crippen LogP contribution in [0.4, 0.5) is 75.4 Å². The molecule has 3 N–H and O–H groups in total. The van der Waals surface area contributed by atoms with Crippen LogP contribution >= 0.6 is 35.3 Å². The maximum atomic E-state index is 13.1. The number of anilines is 4. The van der Waals surface area contributed by atoms with Gasteiger partial charge in [0.15, 0.2) is 19.8 Å². The molecule has 0 radical (unpaired) electrons. The number of rotatable bonds is 54. The second-order valence-electron chi connectivity index (χ2n) is 28.0. The molecule has 6 atom stereocenters. The molecule has 0 amide bonds. The van der Waals surface area contributed by atoms with E-state index in [1.165, 1.54) is 44.3 Å². The number of carbonyl (C=O) groups excluding carboxylic acids is 8. The Morgan fingerprint density at radius 3 is 0.797 bits per heavy atom. The van der Waals surface area contributed by atoms with Gasteiger partial charge in [-0.05, 0) is 90.0 Å². The molecule has 0 saturated heterocycles. The Bertz CT molecular complexity index is 3850. The first kappa shape index (κ1) is 123. The van der Waals surface area contributed by atoms with Gasteiger partial charge in [-0.25, -0.2) is 26.3 Å². The third-order valence-electron chi connectivity index (χ3n) is 18.2. The van der Waals surface area contributed by atoms with Crippen LogP contribution in [0.15, 0.2) is 97.1 Å². The van der Waals surface area contributed by atoms with Crippen LogP contribution in [0.1, 0.15) is 89.0 Å². The molecule has 0 aliphatic heterocycles. The van der Waals surface area contributed by atoms with E-state index in [0.717, 1.165) is 67.0 Å². The van der Waals surface area contributed by atoms with E-state index in [4.69, 9.17) is 84.8 Å². The molecule has 4 aromatic rings. The van der Waals surface area contributed by atoms with Crippen LogP contribution in [0.2, 0.25) is 0 Å². The van der Waals surface area contributed by atoms with E-state index in [-0.39, 0.29) is 149 Å². The number of halogens is 12. The summed E-state index contributed by atoms with van der Waals surface area (Å²) in [5, 5.41) is 26.6. The molecule has 0 aliphatic carbocycles. The maximum Gasteiger partial charge on any atom is 2.00 e. The maximum absolute atomic E-state index is 13.1. The van der Waals surface area contributed by atoms with Gasteiger partial charge >= 0.3 is 133 Å². The number of aliphatic hydroxyl groups excluding tert-OH is 2. The number of ether oxygens (including phenoxy) is 8. The van der Waals surface area contributed by atoms with Crippen LogP contribution in [0.5, 0.6) is 0 Å². The average molecular weight is 2320 g/mol. The Hall–Kier alpha value is -6.82. The Morgan fingerprint density at radius 1 is 0.375 bits per heavy atom. The molecule has 0 spiro atoms. The van der Waals surface area contributed by atoms with Gasteiger partial charge in [0, 0.05) is 98.5 Å². The normalized spacial score (nSPS) is 13.1. The van der Waals surface area contributed by atoms with Crippen LogP contribution in [0.3, 0.4) is 0 Å². The summed E-state index contributed by atoms with van der Waals surface area (Å²) in [4.78, 5) is 117. The molecule has 6 unspecified atom stereocenters. The van der Waals surface area contributed by atoms with Crippen molar-refractivity contribution in [2.45, 2.75) is 104 Å². The molecular weight excluding hydrogens is 2220 g/mol. The molecule has 4 aromatic carbocycles. The molecular formula is C83H108F12N4O20Pt2S7. The number of nitrogens with zero attached hydrogens (tertiary/aromatic N) is 4. The van der Waals surface area contributed by atoms with E-state index in [1.54, 1.807) is 0 Å². The number of carbonyl (C=O) groups is 9. The molecule has 128 heavy (non-hydrogen) atoms. The summed E-state index contributed by atoms with van der Waals surface area (Å²) in [7, 11) is 10.9. The van der Waals surface area contributed by atoms with Crippen molar-refractivity contribution in [3.8, 4) is 0 Å². The standard InChI is InChI=1S/C48H62F8N2O12S4.C20H26N2O2S2.C14H20F4O6S.CH4.2Pt/c1-29(41(61)69-27-47(53,54)45(49)50)23-33(43(63)65-5)25-73-21-15-37(59)67-19-17-57(3)35-11-7-31(8-12-35)39(71)40(72)32-9-13-36(14-10-32)58(4)18-20-68-38(60)16-22-74-26-34(44(64)66-6)24-30(2)42(62)70-28-48(55,56)46(51)52;1-21(11-13-23)17-7-3-15(4-8-17)19(25)20(26)16-5-9-18(10-6-16)22(2)12-14-24;1-8(11(21)24-7-14(17,18)13(15)16)5-9(12(22)23-2)6-25-4-3-10(19)20;;;/h7-14,29-30,33-34,45-46,71-72H,15-28H2,1-6H3;3-10,23-26H,11-14H2,1-2H3;8-9,13H,3-7H2,1-2H3,(H,19,20);1H4;;/q;;;;2*+2/p-4. The molecule has 0 fully saturated rings. The van der Waals surface area contributed by atoms with Crippen molar-refractivity contribution < 1.29 is 191 Å². The minimum atomic E-state index is -4.50. The summed E-state index contributed by atoms with van der Waals surface area (Å²) in [6, 6.07) is 30.4. The third kappa shape index (κ3) is 46.0. The number of alkyl halides is 12. The topological polar surface area (TPSA) is 301 Å². The first-order valence-electron chi connectivity index (χ1n) is 38.3. The van der Waals surface area contributed by atoms with E-state index in [2.05, 4.69) is 18.9 Å². The van der Waals surface area contributed by atoms with Crippen LogP contribution < -0.4 is 19.6 Å². The fourth-order valence-corrected chi connectivity index (χ4v) is 14.7. The van der Waals surface area contributed by atoms with Crippen molar-refractivity contribution in [1.82, 2.24) is 0 Å². The summed E-state index contributed by atoms with van der Waals surface area (Å²) in [6.45, 7) is 0.841. The number of thioether (sulfide) groups is 3. The molecule has 45 heteroatoms. The van der Waals surface area contributed by atoms with Gasteiger partial charge in [-0.3, -0.25) is 43.2 Å². The predicted molar refractivity (Wildman–Crippen MR) is 472 cm³/mol. The van der Waals surface area contributed by atoms with E-state index in [0.29, 0.717) is 56.9 Å². The quantitative estimate of drug-likeness (QED) is 0.00924. The first-order chi connectivity index (χ1) is 58.7. The summed E-state index contributed by atoms with van der Waals surface area (Å²) in [6.07, 6.45) is -12.5. The van der Waals surface area contributed by atoms with Crippen LogP contribution in [-0.4, -0.2) is 263 Å². The Kier molecular flexibility index (Phi) is 61.7. The number of esters is 8. The van der Waals surface area contributed by atoms with Gasteiger partial charge in [0.25, 0.3) is 0 Å². The number of aliphatic hydroxyl groups is 2. The minimum absolute atomic E-state index is 0. The molecule has 726 valence electrons. The smallest absolute Gasteiger partial charge is 0.781 e. The Morgan fingerprint density at radius 2 is 0.594 bits per heavy atom. The molecule has 0 heterocycles. The molecule has 0 saturated carbocycles. The minimum Gasteiger partial charge on any atom is -0.781 e. The predicted octanol–water partition coefficient (Wildman–Crippen LogP) is 13.9. The third-order valence-corrected chi connectivity index (χ3v) is 23.6. The number of likely N-dealkylation sites (N-methyl/N-ethyl adjacent to an activating group) is 4. The fourth-order valence-electron chi connectivity index (χ4n) is 10.6. The fraction of sp³-hybridized carbons (Fsp3) is 0.554. The van der Waals surface area contributed by atoms with E-state index >= 15 is 0 Å². The molecule has 0 bridgehead atoms. The number of hydrogen-bond acceptors (Lipinski definition) is 30. The van der Waals surface area contributed by atoms with Crippen molar-refractivity contribution >= 4 is 182 Å². The van der Waals surface area contributed by atoms with Gasteiger partial charge < -0.3 is 123 Å². The summed E-state index contributed by atoms with van der Waals surface area (Å²) < 4.78 is 189. The van der Waals surface area contributed by atoms with Crippen molar-refractivity contribution in [2.75, 3.05) is 176 Å². The molecule has 4 rings (SSSR count). The van der Waals surface area contributed by atoms with Gasteiger partial charge in [0.1, 0.15) is 13.2 Å². The number of aliphatic carboxylic acids is 1. The van der Waals surface area contributed by atoms with E-state index in [1.807, 2.05) is 145 Å². The molecule has 24 nitrogen and oxygen atoms in total. The van der Waals surface area contributed by atoms with Crippen LogP contribution in [0.25, 0.3) is 19.6 Å². The van der Waals surface area contributed by atoms with Gasteiger partial charge in [-0.1, -0.05) is 76.7 Å². The average Bonchev–Trinajstić information content (AvgIpc) is 0.832. The molecule has 0 aromatic heterocycles.